The van der Waals surface area contributed by atoms with Gasteiger partial charge in [-0.1, -0.05) is 53.5 Å². The van der Waals surface area contributed by atoms with Crippen LogP contribution in [0.5, 0.6) is 11.5 Å². The minimum atomic E-state index is -0.358. The zero-order valence-electron chi connectivity index (χ0n) is 15.7. The Bertz CT molecular complexity index is 1080. The topological polar surface area (TPSA) is 34.1 Å². The Labute approximate surface area is 179 Å². The number of ether oxygens (including phenoxy) is 2. The molecule has 2 atom stereocenters. The van der Waals surface area contributed by atoms with E-state index in [0.29, 0.717) is 15.8 Å². The molecule has 0 aliphatic carbocycles. The highest BCUT2D eigenvalue weighted by Crippen LogP contribution is 2.50. The van der Waals surface area contributed by atoms with Gasteiger partial charge in [0.2, 0.25) is 6.23 Å². The second-order valence-electron chi connectivity index (χ2n) is 7.06. The van der Waals surface area contributed by atoms with Gasteiger partial charge in [0.1, 0.15) is 11.5 Å². The highest BCUT2D eigenvalue weighted by molar-refractivity contribution is 6.35. The van der Waals surface area contributed by atoms with Gasteiger partial charge < -0.3 is 9.47 Å². The summed E-state index contributed by atoms with van der Waals surface area (Å²) in [5.74, 6) is 1.50. The number of hydrogen-bond acceptors (Lipinski definition) is 4. The molecule has 2 heterocycles. The first-order valence-corrected chi connectivity index (χ1v) is 10.1. The third kappa shape index (κ3) is 3.22. The fraction of sp³-hybridized carbons (Fsp3) is 0.174. The Morgan fingerprint density at radius 2 is 1.79 bits per heavy atom. The molecule has 0 radical (unpaired) electrons. The Hall–Kier alpha value is -2.69. The van der Waals surface area contributed by atoms with Crippen molar-refractivity contribution in [3.8, 4) is 11.5 Å². The predicted octanol–water partition coefficient (Wildman–Crippen LogP) is 6.24. The molecule has 146 valence electrons. The molecular weight excluding hydrogens is 407 g/mol. The Kier molecular flexibility index (Phi) is 4.61. The SMILES string of the molecule is COc1ccc(C2=NN3[C@H](C2)c2cc(Cl)cc(Cl)c2O[C@H]3c2ccccc2)cc1. The molecule has 2 aliphatic heterocycles. The zero-order chi connectivity index (χ0) is 20.0. The van der Waals surface area contributed by atoms with E-state index in [2.05, 4.69) is 0 Å². The van der Waals surface area contributed by atoms with Crippen molar-refractivity contribution in [3.63, 3.8) is 0 Å². The maximum absolute atomic E-state index is 6.50. The summed E-state index contributed by atoms with van der Waals surface area (Å²) in [6.07, 6.45) is 0.381. The minimum Gasteiger partial charge on any atom is -0.497 e. The lowest BCUT2D eigenvalue weighted by Crippen LogP contribution is -2.33. The molecule has 6 heteroatoms. The normalized spacial score (nSPS) is 19.8. The number of methoxy groups -OCH3 is 1. The van der Waals surface area contributed by atoms with Crippen molar-refractivity contribution in [2.75, 3.05) is 7.11 Å². The van der Waals surface area contributed by atoms with Gasteiger partial charge in [0.05, 0.1) is 23.9 Å². The van der Waals surface area contributed by atoms with Crippen LogP contribution in [-0.2, 0) is 0 Å². The molecule has 0 N–H and O–H groups in total. The van der Waals surface area contributed by atoms with Crippen molar-refractivity contribution in [2.24, 2.45) is 5.10 Å². The van der Waals surface area contributed by atoms with Crippen LogP contribution >= 0.6 is 23.2 Å². The summed E-state index contributed by atoms with van der Waals surface area (Å²) in [5.41, 5.74) is 4.03. The van der Waals surface area contributed by atoms with Gasteiger partial charge in [0, 0.05) is 22.6 Å². The third-order valence-electron chi connectivity index (χ3n) is 5.32. The summed E-state index contributed by atoms with van der Waals surface area (Å²) in [5, 5.41) is 8.08. The summed E-state index contributed by atoms with van der Waals surface area (Å²) in [6, 6.07) is 21.7. The average Bonchev–Trinajstić information content (AvgIpc) is 3.20. The summed E-state index contributed by atoms with van der Waals surface area (Å²) in [7, 11) is 1.66. The van der Waals surface area contributed by atoms with Crippen LogP contribution in [0.2, 0.25) is 10.0 Å². The van der Waals surface area contributed by atoms with E-state index in [1.165, 1.54) is 0 Å². The van der Waals surface area contributed by atoms with Gasteiger partial charge in [0.25, 0.3) is 0 Å². The largest absolute Gasteiger partial charge is 0.497 e. The first-order chi connectivity index (χ1) is 14.1. The van der Waals surface area contributed by atoms with Crippen LogP contribution in [-0.4, -0.2) is 17.8 Å². The molecule has 29 heavy (non-hydrogen) atoms. The van der Waals surface area contributed by atoms with Gasteiger partial charge in [0.15, 0.2) is 0 Å². The Morgan fingerprint density at radius 1 is 1.03 bits per heavy atom. The van der Waals surface area contributed by atoms with Crippen molar-refractivity contribution in [1.82, 2.24) is 5.01 Å². The fourth-order valence-corrected chi connectivity index (χ4v) is 4.46. The summed E-state index contributed by atoms with van der Waals surface area (Å²) in [6.45, 7) is 0. The van der Waals surface area contributed by atoms with Gasteiger partial charge in [-0.2, -0.15) is 5.10 Å². The fourth-order valence-electron chi connectivity index (χ4n) is 3.91. The van der Waals surface area contributed by atoms with E-state index < -0.39 is 0 Å². The van der Waals surface area contributed by atoms with Crippen LogP contribution in [0.1, 0.15) is 35.4 Å². The van der Waals surface area contributed by atoms with Crippen LogP contribution in [0.25, 0.3) is 0 Å². The number of fused-ring (bicyclic) bond motifs is 3. The van der Waals surface area contributed by atoms with Crippen LogP contribution in [0.4, 0.5) is 0 Å². The molecule has 0 unspecified atom stereocenters. The van der Waals surface area contributed by atoms with E-state index in [1.54, 1.807) is 13.2 Å². The minimum absolute atomic E-state index is 0.00254. The molecule has 5 rings (SSSR count). The van der Waals surface area contributed by atoms with Crippen molar-refractivity contribution in [1.29, 1.82) is 0 Å². The van der Waals surface area contributed by atoms with E-state index in [0.717, 1.165) is 34.6 Å². The molecule has 0 fully saturated rings. The first-order valence-electron chi connectivity index (χ1n) is 9.35. The molecule has 3 aromatic carbocycles. The maximum Gasteiger partial charge on any atom is 0.213 e. The highest BCUT2D eigenvalue weighted by Gasteiger charge is 2.42. The second-order valence-corrected chi connectivity index (χ2v) is 7.91. The van der Waals surface area contributed by atoms with Crippen LogP contribution < -0.4 is 9.47 Å². The van der Waals surface area contributed by atoms with Gasteiger partial charge in [-0.05, 0) is 42.0 Å². The second kappa shape index (κ2) is 7.29. The smallest absolute Gasteiger partial charge is 0.213 e. The van der Waals surface area contributed by atoms with Gasteiger partial charge in [-0.3, -0.25) is 0 Å². The lowest BCUT2D eigenvalue weighted by Gasteiger charge is -2.38. The number of hydrazone groups is 1. The molecule has 4 nitrogen and oxygen atoms in total. The van der Waals surface area contributed by atoms with Gasteiger partial charge in [-0.25, -0.2) is 5.01 Å². The third-order valence-corrected chi connectivity index (χ3v) is 5.82. The highest BCUT2D eigenvalue weighted by atomic mass is 35.5. The van der Waals surface area contributed by atoms with E-state index in [4.69, 9.17) is 37.8 Å². The van der Waals surface area contributed by atoms with Crippen molar-refractivity contribution >= 4 is 28.9 Å². The standard InChI is InChI=1S/C23H18Cl2N2O2/c1-28-17-9-7-14(8-10-17)20-13-21-18-11-16(24)12-19(25)22(18)29-23(27(21)26-20)15-5-3-2-4-6-15/h2-12,21,23H,13H2,1H3/t21-,23+/m1/s1. The van der Waals surface area contributed by atoms with Crippen molar-refractivity contribution < 1.29 is 9.47 Å². The Balaban J connectivity index is 1.60. The molecule has 2 aliphatic rings. The zero-order valence-corrected chi connectivity index (χ0v) is 17.2. The molecular formula is C23H18Cl2N2O2. The lowest BCUT2D eigenvalue weighted by molar-refractivity contribution is -0.0189. The molecule has 0 saturated heterocycles. The van der Waals surface area contributed by atoms with Crippen LogP contribution in [0.3, 0.4) is 0 Å². The molecule has 0 bridgehead atoms. The van der Waals surface area contributed by atoms with Crippen molar-refractivity contribution in [2.45, 2.75) is 18.7 Å². The molecule has 0 amide bonds. The number of halogens is 2. The quantitative estimate of drug-likeness (QED) is 0.498. The lowest BCUT2D eigenvalue weighted by atomic mass is 9.96. The van der Waals surface area contributed by atoms with E-state index >= 15 is 0 Å². The van der Waals surface area contributed by atoms with Crippen molar-refractivity contribution in [3.05, 3.63) is 93.5 Å². The molecule has 3 aromatic rings. The molecule has 0 saturated carbocycles. The first kappa shape index (κ1) is 18.3. The molecule has 0 spiro atoms. The maximum atomic E-state index is 6.50. The average molecular weight is 425 g/mol. The summed E-state index contributed by atoms with van der Waals surface area (Å²) >= 11 is 12.8. The van der Waals surface area contributed by atoms with Crippen LogP contribution in [0, 0.1) is 0 Å². The summed E-state index contributed by atoms with van der Waals surface area (Å²) in [4.78, 5) is 0. The van der Waals surface area contributed by atoms with E-state index in [9.17, 15) is 0 Å². The summed E-state index contributed by atoms with van der Waals surface area (Å²) < 4.78 is 11.6. The van der Waals surface area contributed by atoms with E-state index in [1.807, 2.05) is 65.7 Å². The molecule has 0 aromatic heterocycles. The predicted molar refractivity (Wildman–Crippen MR) is 115 cm³/mol. The number of rotatable bonds is 3. The number of nitrogens with zero attached hydrogens (tertiary/aromatic N) is 2. The number of hydrogen-bond donors (Lipinski definition) is 0. The van der Waals surface area contributed by atoms with Gasteiger partial charge >= 0.3 is 0 Å². The Morgan fingerprint density at radius 3 is 2.52 bits per heavy atom. The van der Waals surface area contributed by atoms with E-state index in [-0.39, 0.29) is 12.3 Å². The van der Waals surface area contributed by atoms with Crippen LogP contribution in [0.15, 0.2) is 71.8 Å². The monoisotopic (exact) mass is 424 g/mol. The number of benzene rings is 3. The van der Waals surface area contributed by atoms with Gasteiger partial charge in [-0.15, -0.1) is 0 Å².